The first-order chi connectivity index (χ1) is 15.5. The van der Waals surface area contributed by atoms with E-state index in [0.717, 1.165) is 33.4 Å². The second kappa shape index (κ2) is 9.53. The maximum atomic E-state index is 12.4. The van der Waals surface area contributed by atoms with Gasteiger partial charge in [-0.05, 0) is 75.1 Å². The van der Waals surface area contributed by atoms with Crippen LogP contribution < -0.4 is 10.1 Å². The average Bonchev–Trinajstić information content (AvgIpc) is 3.36. The fraction of sp³-hybridized carbons (Fsp3) is 0.280. The van der Waals surface area contributed by atoms with Crippen LogP contribution in [0.1, 0.15) is 29.3 Å². The number of benzene rings is 2. The summed E-state index contributed by atoms with van der Waals surface area (Å²) in [6.45, 7) is 4.10. The van der Waals surface area contributed by atoms with Crippen molar-refractivity contribution < 1.29 is 14.3 Å². The molecule has 0 saturated carbocycles. The zero-order valence-corrected chi connectivity index (χ0v) is 19.5. The molecule has 2 aromatic carbocycles. The van der Waals surface area contributed by atoms with E-state index in [1.165, 1.54) is 5.56 Å². The molecule has 2 unspecified atom stereocenters. The zero-order chi connectivity index (χ0) is 22.7. The van der Waals surface area contributed by atoms with Gasteiger partial charge < -0.3 is 9.47 Å². The van der Waals surface area contributed by atoms with Gasteiger partial charge in [-0.2, -0.15) is 5.10 Å². The number of aromatic nitrogens is 2. The van der Waals surface area contributed by atoms with Crippen molar-refractivity contribution in [3.8, 4) is 11.4 Å². The lowest BCUT2D eigenvalue weighted by atomic mass is 9.96. The van der Waals surface area contributed by atoms with E-state index < -0.39 is 6.09 Å². The minimum Gasteiger partial charge on any atom is -0.497 e. The highest BCUT2D eigenvalue weighted by molar-refractivity contribution is 7.98. The summed E-state index contributed by atoms with van der Waals surface area (Å²) in [4.78, 5) is 13.5. The Morgan fingerprint density at radius 1 is 1.16 bits per heavy atom. The van der Waals surface area contributed by atoms with Crippen molar-refractivity contribution >= 4 is 23.5 Å². The van der Waals surface area contributed by atoms with E-state index >= 15 is 0 Å². The Morgan fingerprint density at radius 3 is 2.66 bits per heavy atom. The Hall–Kier alpha value is -3.19. The van der Waals surface area contributed by atoms with Crippen LogP contribution in [-0.4, -0.2) is 35.3 Å². The van der Waals surface area contributed by atoms with Crippen molar-refractivity contribution in [3.63, 3.8) is 0 Å². The minimum atomic E-state index is -0.444. The van der Waals surface area contributed by atoms with Gasteiger partial charge in [-0.3, -0.25) is 5.32 Å². The molecular weight excluding hydrogens is 422 g/mol. The van der Waals surface area contributed by atoms with Crippen LogP contribution in [0.4, 0.5) is 10.5 Å². The molecule has 0 fully saturated rings. The Balaban J connectivity index is 1.42. The summed E-state index contributed by atoms with van der Waals surface area (Å²) >= 11 is 1.63. The number of hydrogen-bond donors (Lipinski definition) is 1. The maximum Gasteiger partial charge on any atom is 0.412 e. The van der Waals surface area contributed by atoms with Crippen molar-refractivity contribution in [3.05, 3.63) is 77.6 Å². The summed E-state index contributed by atoms with van der Waals surface area (Å²) in [5, 5.41) is 7.58. The number of nitrogens with zero attached hydrogens (tertiary/aromatic N) is 2. The largest absolute Gasteiger partial charge is 0.497 e. The molecule has 0 bridgehead atoms. The molecular formula is C25H27N3O3S. The molecule has 1 heterocycles. The first kappa shape index (κ1) is 22.0. The normalized spacial score (nSPS) is 17.4. The van der Waals surface area contributed by atoms with E-state index in [4.69, 9.17) is 14.6 Å². The minimum absolute atomic E-state index is 0.152. The van der Waals surface area contributed by atoms with Gasteiger partial charge in [-0.15, -0.1) is 11.8 Å². The van der Waals surface area contributed by atoms with Crippen molar-refractivity contribution in [2.24, 2.45) is 0 Å². The van der Waals surface area contributed by atoms with E-state index in [0.29, 0.717) is 6.42 Å². The molecule has 0 aliphatic heterocycles. The van der Waals surface area contributed by atoms with Crippen molar-refractivity contribution in [2.75, 3.05) is 18.7 Å². The first-order valence-electron chi connectivity index (χ1n) is 10.5. The number of rotatable bonds is 6. The summed E-state index contributed by atoms with van der Waals surface area (Å²) in [6.07, 6.45) is 6.07. The second-order valence-corrected chi connectivity index (χ2v) is 8.60. The smallest absolute Gasteiger partial charge is 0.412 e. The number of allylic oxidation sites excluding steroid dienone is 1. The van der Waals surface area contributed by atoms with Crippen LogP contribution in [0.3, 0.4) is 0 Å². The van der Waals surface area contributed by atoms with Gasteiger partial charge in [0.15, 0.2) is 0 Å². The summed E-state index contributed by atoms with van der Waals surface area (Å²) in [5.41, 5.74) is 4.96. The van der Waals surface area contributed by atoms with Crippen LogP contribution in [0.25, 0.3) is 5.69 Å². The Labute approximate surface area is 192 Å². The monoisotopic (exact) mass is 449 g/mol. The first-order valence-corrected chi connectivity index (χ1v) is 11.7. The standard InChI is InChI=1S/C25H27N3O3S/c1-16-24(17(2)28(27-16)20-9-12-21(30-3)13-10-20)18-8-11-22(14-18)31-25(29)26-19-6-5-7-23(15-19)32-4/h5-13,15,18,22H,14H2,1-4H3,(H,26,29). The summed E-state index contributed by atoms with van der Waals surface area (Å²) in [5.74, 6) is 0.965. The molecule has 6 nitrogen and oxygen atoms in total. The number of hydrogen-bond acceptors (Lipinski definition) is 5. The third-order valence-corrected chi connectivity index (χ3v) is 6.38. The SMILES string of the molecule is COc1ccc(-n2nc(C)c(C3C=CC(OC(=O)Nc4cccc(SC)c4)C3)c2C)cc1. The lowest BCUT2D eigenvalue weighted by Crippen LogP contribution is -2.20. The molecule has 1 aliphatic rings. The molecule has 1 aliphatic carbocycles. The van der Waals surface area contributed by atoms with E-state index in [1.807, 2.05) is 72.5 Å². The Bertz CT molecular complexity index is 1140. The molecule has 32 heavy (non-hydrogen) atoms. The molecule has 1 amide bonds. The highest BCUT2D eigenvalue weighted by Gasteiger charge is 2.28. The number of nitrogens with one attached hydrogen (secondary N) is 1. The zero-order valence-electron chi connectivity index (χ0n) is 18.7. The molecule has 4 rings (SSSR count). The summed E-state index contributed by atoms with van der Waals surface area (Å²) < 4.78 is 12.9. The highest BCUT2D eigenvalue weighted by atomic mass is 32.2. The summed E-state index contributed by atoms with van der Waals surface area (Å²) in [6, 6.07) is 15.6. The van der Waals surface area contributed by atoms with Gasteiger partial charge in [-0.25, -0.2) is 9.48 Å². The predicted molar refractivity (Wildman–Crippen MR) is 128 cm³/mol. The Kier molecular flexibility index (Phi) is 6.55. The fourth-order valence-corrected chi connectivity index (χ4v) is 4.58. The number of amides is 1. The molecule has 7 heteroatoms. The Morgan fingerprint density at radius 2 is 1.94 bits per heavy atom. The number of carbonyl (C=O) groups excluding carboxylic acids is 1. The molecule has 166 valence electrons. The highest BCUT2D eigenvalue weighted by Crippen LogP contribution is 2.35. The van der Waals surface area contributed by atoms with Crippen molar-refractivity contribution in [1.29, 1.82) is 0 Å². The van der Waals surface area contributed by atoms with Crippen LogP contribution in [0.2, 0.25) is 0 Å². The van der Waals surface area contributed by atoms with Crippen LogP contribution in [0.5, 0.6) is 5.75 Å². The second-order valence-electron chi connectivity index (χ2n) is 7.72. The number of carbonyl (C=O) groups is 1. The van der Waals surface area contributed by atoms with E-state index in [1.54, 1.807) is 18.9 Å². The topological polar surface area (TPSA) is 65.4 Å². The van der Waals surface area contributed by atoms with E-state index in [-0.39, 0.29) is 12.0 Å². The van der Waals surface area contributed by atoms with Crippen molar-refractivity contribution in [1.82, 2.24) is 9.78 Å². The number of ether oxygens (including phenoxy) is 2. The van der Waals surface area contributed by atoms with Gasteiger partial charge in [0.25, 0.3) is 0 Å². The molecule has 1 aromatic heterocycles. The number of methoxy groups -OCH3 is 1. The third-order valence-electron chi connectivity index (χ3n) is 5.65. The maximum absolute atomic E-state index is 12.4. The van der Waals surface area contributed by atoms with E-state index in [9.17, 15) is 4.79 Å². The molecule has 0 spiro atoms. The lowest BCUT2D eigenvalue weighted by Gasteiger charge is -2.15. The van der Waals surface area contributed by atoms with Crippen molar-refractivity contribution in [2.45, 2.75) is 37.2 Å². The number of aryl methyl sites for hydroxylation is 1. The van der Waals surface area contributed by atoms with Crippen LogP contribution in [0, 0.1) is 13.8 Å². The summed E-state index contributed by atoms with van der Waals surface area (Å²) in [7, 11) is 1.66. The number of anilines is 1. The van der Waals surface area contributed by atoms with Gasteiger partial charge in [-0.1, -0.05) is 12.1 Å². The molecule has 2 atom stereocenters. The van der Waals surface area contributed by atoms with Gasteiger partial charge in [0.1, 0.15) is 11.9 Å². The molecule has 3 aromatic rings. The van der Waals surface area contributed by atoms with Gasteiger partial charge in [0.2, 0.25) is 0 Å². The van der Waals surface area contributed by atoms with E-state index in [2.05, 4.69) is 18.3 Å². The predicted octanol–water partition coefficient (Wildman–Crippen LogP) is 5.88. The third kappa shape index (κ3) is 4.67. The van der Waals surface area contributed by atoms with Gasteiger partial charge in [0.05, 0.1) is 18.5 Å². The van der Waals surface area contributed by atoms with Crippen LogP contribution in [-0.2, 0) is 4.74 Å². The van der Waals surface area contributed by atoms with Gasteiger partial charge in [0, 0.05) is 27.8 Å². The van der Waals surface area contributed by atoms with Crippen LogP contribution >= 0.6 is 11.8 Å². The quantitative estimate of drug-likeness (QED) is 0.376. The van der Waals surface area contributed by atoms with Gasteiger partial charge >= 0.3 is 6.09 Å². The fourth-order valence-electron chi connectivity index (χ4n) is 4.12. The number of thioether (sulfide) groups is 1. The molecule has 1 N–H and O–H groups in total. The lowest BCUT2D eigenvalue weighted by molar-refractivity contribution is 0.132. The molecule has 0 radical (unpaired) electrons. The average molecular weight is 450 g/mol. The molecule has 0 saturated heterocycles. The van der Waals surface area contributed by atoms with Crippen LogP contribution in [0.15, 0.2) is 65.6 Å².